The van der Waals surface area contributed by atoms with E-state index in [1.165, 1.54) is 0 Å². The monoisotopic (exact) mass is 229 g/mol. The number of benzene rings is 1. The fourth-order valence-corrected chi connectivity index (χ4v) is 1.86. The van der Waals surface area contributed by atoms with Gasteiger partial charge in [-0.15, -0.1) is 0 Å². The maximum atomic E-state index is 11.7. The van der Waals surface area contributed by atoms with Crippen LogP contribution in [0.3, 0.4) is 0 Å². The molecule has 1 heterocycles. The van der Waals surface area contributed by atoms with Crippen molar-refractivity contribution in [2.24, 2.45) is 4.99 Å². The van der Waals surface area contributed by atoms with Gasteiger partial charge < -0.3 is 4.74 Å². The topological polar surface area (TPSA) is 38.7 Å². The SMILES string of the molecule is CCOC(=O)C1=NC(C)=Cc2ccccc2C1. The first-order chi connectivity index (χ1) is 8.20. The van der Waals surface area contributed by atoms with Crippen LogP contribution in [-0.4, -0.2) is 18.3 Å². The summed E-state index contributed by atoms with van der Waals surface area (Å²) in [5.41, 5.74) is 3.53. The maximum absolute atomic E-state index is 11.7. The van der Waals surface area contributed by atoms with Crippen molar-refractivity contribution >= 4 is 17.8 Å². The Morgan fingerprint density at radius 3 is 2.94 bits per heavy atom. The molecule has 0 radical (unpaired) electrons. The van der Waals surface area contributed by atoms with E-state index in [0.29, 0.717) is 18.7 Å². The van der Waals surface area contributed by atoms with E-state index in [1.54, 1.807) is 6.92 Å². The number of nitrogens with zero attached hydrogens (tertiary/aromatic N) is 1. The molecular formula is C14H15NO2. The lowest BCUT2D eigenvalue weighted by Crippen LogP contribution is -2.19. The Morgan fingerprint density at radius 1 is 1.41 bits per heavy atom. The minimum atomic E-state index is -0.322. The number of allylic oxidation sites excluding steroid dienone is 1. The van der Waals surface area contributed by atoms with E-state index in [0.717, 1.165) is 16.8 Å². The van der Waals surface area contributed by atoms with Gasteiger partial charge in [-0.3, -0.25) is 4.99 Å². The van der Waals surface area contributed by atoms with Crippen molar-refractivity contribution in [3.63, 3.8) is 0 Å². The van der Waals surface area contributed by atoms with Crippen LogP contribution in [0.15, 0.2) is 35.0 Å². The van der Waals surface area contributed by atoms with Gasteiger partial charge in [-0.05, 0) is 31.1 Å². The van der Waals surface area contributed by atoms with Crippen LogP contribution in [0.1, 0.15) is 25.0 Å². The highest BCUT2D eigenvalue weighted by Gasteiger charge is 2.17. The van der Waals surface area contributed by atoms with Crippen LogP contribution in [0.5, 0.6) is 0 Å². The van der Waals surface area contributed by atoms with E-state index in [2.05, 4.69) is 4.99 Å². The normalized spacial score (nSPS) is 14.2. The third kappa shape index (κ3) is 2.61. The Kier molecular flexibility index (Phi) is 3.38. The number of hydrogen-bond acceptors (Lipinski definition) is 3. The molecule has 0 spiro atoms. The zero-order valence-electron chi connectivity index (χ0n) is 10.1. The highest BCUT2D eigenvalue weighted by Crippen LogP contribution is 2.19. The van der Waals surface area contributed by atoms with Gasteiger partial charge in [0, 0.05) is 12.1 Å². The first kappa shape index (κ1) is 11.6. The van der Waals surface area contributed by atoms with Crippen molar-refractivity contribution in [3.8, 4) is 0 Å². The van der Waals surface area contributed by atoms with E-state index >= 15 is 0 Å². The zero-order chi connectivity index (χ0) is 12.3. The van der Waals surface area contributed by atoms with Crippen LogP contribution in [-0.2, 0) is 16.0 Å². The standard InChI is InChI=1S/C14H15NO2/c1-3-17-14(16)13-9-12-7-5-4-6-11(12)8-10(2)15-13/h4-8H,3,9H2,1-2H3. The fraction of sp³-hybridized carbons (Fsp3) is 0.286. The van der Waals surface area contributed by atoms with Crippen molar-refractivity contribution in [1.82, 2.24) is 0 Å². The Labute approximate surface area is 101 Å². The maximum Gasteiger partial charge on any atom is 0.353 e. The van der Waals surface area contributed by atoms with Gasteiger partial charge in [-0.2, -0.15) is 0 Å². The van der Waals surface area contributed by atoms with Crippen LogP contribution in [0.4, 0.5) is 0 Å². The molecule has 0 aliphatic carbocycles. The first-order valence-corrected chi connectivity index (χ1v) is 5.71. The van der Waals surface area contributed by atoms with Crippen molar-refractivity contribution in [3.05, 3.63) is 41.1 Å². The molecule has 0 saturated heterocycles. The summed E-state index contributed by atoms with van der Waals surface area (Å²) < 4.78 is 5.00. The molecule has 0 amide bonds. The number of carbonyl (C=O) groups is 1. The molecule has 2 rings (SSSR count). The Hall–Kier alpha value is -1.90. The van der Waals surface area contributed by atoms with Gasteiger partial charge in [0.2, 0.25) is 0 Å². The smallest absolute Gasteiger partial charge is 0.353 e. The second-order valence-electron chi connectivity index (χ2n) is 3.94. The number of fused-ring (bicyclic) bond motifs is 1. The molecule has 0 unspecified atom stereocenters. The lowest BCUT2D eigenvalue weighted by Gasteiger charge is -2.05. The predicted molar refractivity (Wildman–Crippen MR) is 67.9 cm³/mol. The lowest BCUT2D eigenvalue weighted by molar-refractivity contribution is -0.135. The Balaban J connectivity index is 2.35. The van der Waals surface area contributed by atoms with Crippen LogP contribution in [0.2, 0.25) is 0 Å². The average molecular weight is 229 g/mol. The van der Waals surface area contributed by atoms with Gasteiger partial charge in [0.1, 0.15) is 5.71 Å². The van der Waals surface area contributed by atoms with Crippen LogP contribution < -0.4 is 0 Å². The Bertz CT molecular complexity index is 501. The summed E-state index contributed by atoms with van der Waals surface area (Å²) in [5.74, 6) is -0.322. The molecular weight excluding hydrogens is 214 g/mol. The molecule has 0 fully saturated rings. The molecule has 0 atom stereocenters. The van der Waals surface area contributed by atoms with E-state index in [1.807, 2.05) is 37.3 Å². The number of esters is 1. The summed E-state index contributed by atoms with van der Waals surface area (Å²) in [7, 11) is 0. The van der Waals surface area contributed by atoms with Gasteiger partial charge >= 0.3 is 5.97 Å². The van der Waals surface area contributed by atoms with Gasteiger partial charge in [-0.1, -0.05) is 24.3 Å². The number of ether oxygens (including phenoxy) is 1. The molecule has 0 aromatic heterocycles. The number of rotatable bonds is 2. The largest absolute Gasteiger partial charge is 0.461 e. The summed E-state index contributed by atoms with van der Waals surface area (Å²) in [6.07, 6.45) is 2.52. The number of carbonyl (C=O) groups excluding carboxylic acids is 1. The third-order valence-electron chi connectivity index (χ3n) is 2.60. The lowest BCUT2D eigenvalue weighted by atomic mass is 10.0. The van der Waals surface area contributed by atoms with Gasteiger partial charge in [0.15, 0.2) is 0 Å². The molecule has 3 nitrogen and oxygen atoms in total. The second-order valence-corrected chi connectivity index (χ2v) is 3.94. The highest BCUT2D eigenvalue weighted by atomic mass is 16.5. The van der Waals surface area contributed by atoms with Crippen LogP contribution in [0, 0.1) is 0 Å². The molecule has 3 heteroatoms. The van der Waals surface area contributed by atoms with E-state index in [9.17, 15) is 4.79 Å². The molecule has 0 bridgehead atoms. The van der Waals surface area contributed by atoms with E-state index in [4.69, 9.17) is 4.74 Å². The summed E-state index contributed by atoms with van der Waals surface area (Å²) in [6, 6.07) is 8.00. The Morgan fingerprint density at radius 2 is 2.18 bits per heavy atom. The molecule has 1 aromatic rings. The van der Waals surface area contributed by atoms with Crippen molar-refractivity contribution in [2.75, 3.05) is 6.61 Å². The zero-order valence-corrected chi connectivity index (χ0v) is 10.1. The van der Waals surface area contributed by atoms with E-state index < -0.39 is 0 Å². The second kappa shape index (κ2) is 4.95. The van der Waals surface area contributed by atoms with Crippen molar-refractivity contribution in [1.29, 1.82) is 0 Å². The average Bonchev–Trinajstić information content (AvgIpc) is 2.47. The van der Waals surface area contributed by atoms with Crippen molar-refractivity contribution in [2.45, 2.75) is 20.3 Å². The van der Waals surface area contributed by atoms with Crippen LogP contribution >= 0.6 is 0 Å². The minimum absolute atomic E-state index is 0.322. The van der Waals surface area contributed by atoms with Crippen LogP contribution in [0.25, 0.3) is 6.08 Å². The molecule has 1 aliphatic heterocycles. The third-order valence-corrected chi connectivity index (χ3v) is 2.60. The molecule has 1 aliphatic rings. The van der Waals surface area contributed by atoms with Crippen molar-refractivity contribution < 1.29 is 9.53 Å². The molecule has 88 valence electrons. The highest BCUT2D eigenvalue weighted by molar-refractivity contribution is 6.37. The first-order valence-electron chi connectivity index (χ1n) is 5.71. The number of hydrogen-bond donors (Lipinski definition) is 0. The predicted octanol–water partition coefficient (Wildman–Crippen LogP) is 2.61. The van der Waals surface area contributed by atoms with E-state index in [-0.39, 0.29) is 5.97 Å². The fourth-order valence-electron chi connectivity index (χ4n) is 1.86. The summed E-state index contributed by atoms with van der Waals surface area (Å²) in [4.78, 5) is 16.0. The minimum Gasteiger partial charge on any atom is -0.461 e. The molecule has 0 N–H and O–H groups in total. The quantitative estimate of drug-likeness (QED) is 0.731. The van der Waals surface area contributed by atoms with Gasteiger partial charge in [0.05, 0.1) is 6.61 Å². The summed E-state index contributed by atoms with van der Waals surface area (Å²) in [6.45, 7) is 4.06. The summed E-state index contributed by atoms with van der Waals surface area (Å²) in [5, 5.41) is 0. The molecule has 0 saturated carbocycles. The van der Waals surface area contributed by atoms with Gasteiger partial charge in [-0.25, -0.2) is 4.79 Å². The summed E-state index contributed by atoms with van der Waals surface area (Å²) >= 11 is 0. The molecule has 1 aromatic carbocycles. The van der Waals surface area contributed by atoms with Gasteiger partial charge in [0.25, 0.3) is 0 Å². The number of aliphatic imine (C=N–C) groups is 1. The molecule has 17 heavy (non-hydrogen) atoms.